The number of sulfonamides is 1. The van der Waals surface area contributed by atoms with E-state index < -0.39 is 10.0 Å². The van der Waals surface area contributed by atoms with E-state index in [1.807, 2.05) is 6.92 Å². The van der Waals surface area contributed by atoms with E-state index in [0.717, 1.165) is 6.54 Å². The maximum atomic E-state index is 12.6. The lowest BCUT2D eigenvalue weighted by Gasteiger charge is -2.32. The van der Waals surface area contributed by atoms with E-state index in [-0.39, 0.29) is 29.3 Å². The predicted molar refractivity (Wildman–Crippen MR) is 97.2 cm³/mol. The van der Waals surface area contributed by atoms with Gasteiger partial charge in [0.05, 0.1) is 4.90 Å². The number of piperazine rings is 1. The van der Waals surface area contributed by atoms with Gasteiger partial charge in [0.15, 0.2) is 0 Å². The molecule has 1 aliphatic heterocycles. The van der Waals surface area contributed by atoms with Gasteiger partial charge in [-0.15, -0.1) is 12.4 Å². The lowest BCUT2D eigenvalue weighted by molar-refractivity contribution is 0.0709. The zero-order valence-corrected chi connectivity index (χ0v) is 16.0. The van der Waals surface area contributed by atoms with Crippen molar-refractivity contribution in [3.05, 3.63) is 29.8 Å². The van der Waals surface area contributed by atoms with Gasteiger partial charge in [0, 0.05) is 44.3 Å². The average molecular weight is 376 g/mol. The maximum Gasteiger partial charge on any atom is 0.253 e. The Hall–Kier alpha value is -1.15. The molecule has 0 spiro atoms. The monoisotopic (exact) mass is 375 g/mol. The molecule has 0 radical (unpaired) electrons. The Balaban J connectivity index is 0.00000288. The van der Waals surface area contributed by atoms with E-state index >= 15 is 0 Å². The molecular weight excluding hydrogens is 350 g/mol. The summed E-state index contributed by atoms with van der Waals surface area (Å²) in [6.45, 7) is 8.47. The Labute approximate surface area is 150 Å². The molecule has 0 aromatic heterocycles. The van der Waals surface area contributed by atoms with Crippen LogP contribution in [-0.2, 0) is 10.0 Å². The van der Waals surface area contributed by atoms with E-state index in [4.69, 9.17) is 0 Å². The van der Waals surface area contributed by atoms with Crippen LogP contribution >= 0.6 is 12.4 Å². The third kappa shape index (κ3) is 4.47. The highest BCUT2D eigenvalue weighted by molar-refractivity contribution is 7.89. The van der Waals surface area contributed by atoms with E-state index in [0.29, 0.717) is 31.7 Å². The van der Waals surface area contributed by atoms with Crippen molar-refractivity contribution in [1.82, 2.24) is 14.5 Å². The highest BCUT2D eigenvalue weighted by Crippen LogP contribution is 2.18. The molecule has 1 saturated heterocycles. The average Bonchev–Trinajstić information content (AvgIpc) is 2.55. The minimum absolute atomic E-state index is 0. The summed E-state index contributed by atoms with van der Waals surface area (Å²) in [5, 5.41) is 3.29. The van der Waals surface area contributed by atoms with Gasteiger partial charge in [0.25, 0.3) is 5.91 Å². The molecule has 1 amide bonds. The van der Waals surface area contributed by atoms with Gasteiger partial charge < -0.3 is 10.2 Å². The van der Waals surface area contributed by atoms with Crippen LogP contribution in [0.3, 0.4) is 0 Å². The summed E-state index contributed by atoms with van der Waals surface area (Å²) in [5.74, 6) is -0.116. The molecule has 6 nitrogen and oxygen atoms in total. The summed E-state index contributed by atoms with van der Waals surface area (Å²) in [6.07, 6.45) is 0. The first-order chi connectivity index (χ1) is 10.9. The molecule has 1 aliphatic rings. The number of carbonyl (C=O) groups excluding carboxylic acids is 1. The van der Waals surface area contributed by atoms with Crippen LogP contribution in [0.25, 0.3) is 0 Å². The van der Waals surface area contributed by atoms with Gasteiger partial charge in [-0.1, -0.05) is 19.9 Å². The van der Waals surface area contributed by atoms with Gasteiger partial charge in [-0.2, -0.15) is 4.31 Å². The Kier molecular flexibility index (Phi) is 7.66. The van der Waals surface area contributed by atoms with Crippen molar-refractivity contribution < 1.29 is 13.2 Å². The molecule has 0 bridgehead atoms. The van der Waals surface area contributed by atoms with Crippen LogP contribution in [0.15, 0.2) is 29.2 Å². The van der Waals surface area contributed by atoms with Crippen molar-refractivity contribution in [2.75, 3.05) is 32.7 Å². The number of hydrogen-bond acceptors (Lipinski definition) is 4. The first-order valence-electron chi connectivity index (χ1n) is 8.03. The highest BCUT2D eigenvalue weighted by Gasteiger charge is 2.25. The molecule has 0 saturated carbocycles. The molecular formula is C16H26ClN3O3S. The third-order valence-corrected chi connectivity index (χ3v) is 6.13. The molecule has 2 rings (SSSR count). The first-order valence-corrected chi connectivity index (χ1v) is 9.47. The van der Waals surface area contributed by atoms with Crippen LogP contribution in [0.4, 0.5) is 0 Å². The van der Waals surface area contributed by atoms with Crippen molar-refractivity contribution in [2.45, 2.75) is 31.7 Å². The standard InChI is InChI=1S/C16H25N3O3S.ClH/c1-4-19(5-2)23(21,22)15-8-6-7-14(11-15)16(20)18-10-9-17-13(3)12-18;/h6-8,11,13,17H,4-5,9-10,12H2,1-3H3;1H. The predicted octanol–water partition coefficient (Wildman–Crippen LogP) is 1.57. The summed E-state index contributed by atoms with van der Waals surface area (Å²) >= 11 is 0. The number of rotatable bonds is 5. The van der Waals surface area contributed by atoms with Gasteiger partial charge in [0.1, 0.15) is 0 Å². The Morgan fingerprint density at radius 1 is 1.33 bits per heavy atom. The van der Waals surface area contributed by atoms with Gasteiger partial charge >= 0.3 is 0 Å². The number of nitrogens with zero attached hydrogens (tertiary/aromatic N) is 2. The van der Waals surface area contributed by atoms with Crippen molar-refractivity contribution >= 4 is 28.3 Å². The van der Waals surface area contributed by atoms with E-state index in [1.165, 1.54) is 10.4 Å². The topological polar surface area (TPSA) is 69.7 Å². The molecule has 1 N–H and O–H groups in total. The molecule has 1 fully saturated rings. The minimum atomic E-state index is -3.55. The van der Waals surface area contributed by atoms with Crippen LogP contribution in [0.1, 0.15) is 31.1 Å². The number of amides is 1. The highest BCUT2D eigenvalue weighted by atomic mass is 35.5. The minimum Gasteiger partial charge on any atom is -0.336 e. The Bertz CT molecular complexity index is 662. The lowest BCUT2D eigenvalue weighted by Crippen LogP contribution is -2.51. The molecule has 1 aromatic rings. The van der Waals surface area contributed by atoms with Crippen LogP contribution in [0, 0.1) is 0 Å². The van der Waals surface area contributed by atoms with Crippen molar-refractivity contribution in [2.24, 2.45) is 0 Å². The SMILES string of the molecule is CCN(CC)S(=O)(=O)c1cccc(C(=O)N2CCNC(C)C2)c1.Cl. The normalized spacial score (nSPS) is 18.3. The van der Waals surface area contributed by atoms with Crippen molar-refractivity contribution in [3.63, 3.8) is 0 Å². The number of hydrogen-bond donors (Lipinski definition) is 1. The summed E-state index contributed by atoms with van der Waals surface area (Å²) in [6, 6.07) is 6.59. The summed E-state index contributed by atoms with van der Waals surface area (Å²) in [7, 11) is -3.55. The van der Waals surface area contributed by atoms with Gasteiger partial charge in [-0.3, -0.25) is 4.79 Å². The maximum absolute atomic E-state index is 12.6. The molecule has 24 heavy (non-hydrogen) atoms. The van der Waals surface area contributed by atoms with Gasteiger partial charge in [0.2, 0.25) is 10.0 Å². The van der Waals surface area contributed by atoms with E-state index in [2.05, 4.69) is 5.32 Å². The molecule has 0 aliphatic carbocycles. The fourth-order valence-electron chi connectivity index (χ4n) is 2.80. The van der Waals surface area contributed by atoms with Gasteiger partial charge in [-0.05, 0) is 25.1 Å². The van der Waals surface area contributed by atoms with Crippen molar-refractivity contribution in [1.29, 1.82) is 0 Å². The quantitative estimate of drug-likeness (QED) is 0.848. The Morgan fingerprint density at radius 3 is 2.58 bits per heavy atom. The smallest absolute Gasteiger partial charge is 0.253 e. The summed E-state index contributed by atoms with van der Waals surface area (Å²) in [5.41, 5.74) is 0.423. The van der Waals surface area contributed by atoms with Gasteiger partial charge in [-0.25, -0.2) is 8.42 Å². The molecule has 1 atom stereocenters. The largest absolute Gasteiger partial charge is 0.336 e. The zero-order chi connectivity index (χ0) is 17.0. The van der Waals surface area contributed by atoms with Crippen molar-refractivity contribution in [3.8, 4) is 0 Å². The number of benzene rings is 1. The van der Waals surface area contributed by atoms with E-state index in [9.17, 15) is 13.2 Å². The second-order valence-electron chi connectivity index (χ2n) is 5.72. The number of halogens is 1. The second kappa shape index (κ2) is 8.80. The molecule has 1 aromatic carbocycles. The van der Waals surface area contributed by atoms with E-state index in [1.54, 1.807) is 36.9 Å². The Morgan fingerprint density at radius 2 is 2.00 bits per heavy atom. The molecule has 1 unspecified atom stereocenters. The van der Waals surface area contributed by atoms with Crippen LogP contribution < -0.4 is 5.32 Å². The lowest BCUT2D eigenvalue weighted by atomic mass is 10.1. The van der Waals surface area contributed by atoms with Crippen LogP contribution in [0.5, 0.6) is 0 Å². The number of carbonyl (C=O) groups is 1. The molecule has 8 heteroatoms. The summed E-state index contributed by atoms with van der Waals surface area (Å²) < 4.78 is 26.6. The summed E-state index contributed by atoms with van der Waals surface area (Å²) in [4.78, 5) is 14.6. The zero-order valence-electron chi connectivity index (χ0n) is 14.4. The second-order valence-corrected chi connectivity index (χ2v) is 7.66. The molecule has 136 valence electrons. The first kappa shape index (κ1) is 20.9. The fraction of sp³-hybridized carbons (Fsp3) is 0.562. The fourth-order valence-corrected chi connectivity index (χ4v) is 4.31. The molecule has 1 heterocycles. The third-order valence-electron chi connectivity index (χ3n) is 4.08. The van der Waals surface area contributed by atoms with Crippen LogP contribution in [0.2, 0.25) is 0 Å². The number of nitrogens with one attached hydrogen (secondary N) is 1. The van der Waals surface area contributed by atoms with Crippen LogP contribution in [-0.4, -0.2) is 62.3 Å².